The summed E-state index contributed by atoms with van der Waals surface area (Å²) in [6.07, 6.45) is 3.24. The minimum absolute atomic E-state index is 0.0245. The summed E-state index contributed by atoms with van der Waals surface area (Å²) in [6, 6.07) is 0.0254. The Labute approximate surface area is 80.7 Å². The molecule has 2 heterocycles. The lowest BCUT2D eigenvalue weighted by molar-refractivity contribution is 0.0627. The topological polar surface area (TPSA) is 44.1 Å². The number of rotatable bonds is 2. The lowest BCUT2D eigenvalue weighted by Crippen LogP contribution is -2.21. The van der Waals surface area contributed by atoms with Crippen molar-refractivity contribution in [3.8, 4) is 0 Å². The van der Waals surface area contributed by atoms with Crippen molar-refractivity contribution in [2.24, 2.45) is 0 Å². The van der Waals surface area contributed by atoms with E-state index in [1.807, 2.05) is 0 Å². The first-order valence-corrected chi connectivity index (χ1v) is 4.59. The Hall–Kier alpha value is -1.23. The molecule has 0 amide bonds. The minimum atomic E-state index is -0.535. The summed E-state index contributed by atoms with van der Waals surface area (Å²) in [4.78, 5) is 10.4. The van der Waals surface area contributed by atoms with Crippen molar-refractivity contribution in [1.82, 2.24) is 9.78 Å². The molecule has 4 nitrogen and oxygen atoms in total. The molecule has 1 aliphatic heterocycles. The standard InChI is InChI=1S/C9H11FN2O2/c10-9-7(6-13)5-11-12(9)8-1-3-14-4-2-8/h5-6,8H,1-4H2. The molecule has 1 aliphatic rings. The quantitative estimate of drug-likeness (QED) is 0.670. The van der Waals surface area contributed by atoms with Gasteiger partial charge in [0.25, 0.3) is 0 Å². The van der Waals surface area contributed by atoms with Crippen LogP contribution in [0.1, 0.15) is 29.2 Å². The zero-order valence-electron chi connectivity index (χ0n) is 7.65. The number of halogens is 1. The second-order valence-electron chi connectivity index (χ2n) is 3.30. The average molecular weight is 198 g/mol. The molecule has 5 heteroatoms. The molecular formula is C9H11FN2O2. The minimum Gasteiger partial charge on any atom is -0.381 e. The van der Waals surface area contributed by atoms with Crippen LogP contribution in [-0.4, -0.2) is 29.3 Å². The molecule has 0 N–H and O–H groups in total. The number of nitrogens with zero attached hydrogens (tertiary/aromatic N) is 2. The van der Waals surface area contributed by atoms with Gasteiger partial charge in [-0.15, -0.1) is 0 Å². The van der Waals surface area contributed by atoms with Crippen LogP contribution in [-0.2, 0) is 4.74 Å². The van der Waals surface area contributed by atoms with Gasteiger partial charge in [0.2, 0.25) is 5.95 Å². The Morgan fingerprint density at radius 3 is 2.86 bits per heavy atom. The highest BCUT2D eigenvalue weighted by Crippen LogP contribution is 2.21. The molecule has 1 aromatic heterocycles. The Balaban J connectivity index is 2.22. The van der Waals surface area contributed by atoms with Crippen molar-refractivity contribution < 1.29 is 13.9 Å². The van der Waals surface area contributed by atoms with Crippen molar-refractivity contribution in [3.63, 3.8) is 0 Å². The van der Waals surface area contributed by atoms with Crippen LogP contribution in [0.15, 0.2) is 6.20 Å². The number of carbonyl (C=O) groups is 1. The molecule has 0 aliphatic carbocycles. The molecule has 1 fully saturated rings. The summed E-state index contributed by atoms with van der Waals surface area (Å²) in [5.74, 6) is -0.535. The van der Waals surface area contributed by atoms with E-state index >= 15 is 0 Å². The first-order valence-electron chi connectivity index (χ1n) is 4.59. The molecule has 0 aromatic carbocycles. The van der Waals surface area contributed by atoms with E-state index in [1.54, 1.807) is 0 Å². The van der Waals surface area contributed by atoms with Crippen molar-refractivity contribution in [2.45, 2.75) is 18.9 Å². The smallest absolute Gasteiger partial charge is 0.222 e. The van der Waals surface area contributed by atoms with Crippen LogP contribution < -0.4 is 0 Å². The Morgan fingerprint density at radius 2 is 2.29 bits per heavy atom. The third kappa shape index (κ3) is 1.55. The van der Waals surface area contributed by atoms with E-state index in [2.05, 4.69) is 5.10 Å². The van der Waals surface area contributed by atoms with Gasteiger partial charge in [-0.3, -0.25) is 4.79 Å². The molecule has 0 unspecified atom stereocenters. The van der Waals surface area contributed by atoms with E-state index in [0.29, 0.717) is 19.5 Å². The fraction of sp³-hybridized carbons (Fsp3) is 0.556. The summed E-state index contributed by atoms with van der Waals surface area (Å²) in [7, 11) is 0. The van der Waals surface area contributed by atoms with Crippen LogP contribution in [0.2, 0.25) is 0 Å². The van der Waals surface area contributed by atoms with Crippen LogP contribution in [0.3, 0.4) is 0 Å². The molecule has 0 spiro atoms. The maximum absolute atomic E-state index is 13.4. The third-order valence-corrected chi connectivity index (χ3v) is 2.42. The summed E-state index contributed by atoms with van der Waals surface area (Å²) >= 11 is 0. The van der Waals surface area contributed by atoms with E-state index in [0.717, 1.165) is 12.8 Å². The molecule has 0 radical (unpaired) electrons. The normalized spacial score (nSPS) is 18.4. The third-order valence-electron chi connectivity index (χ3n) is 2.42. The number of aromatic nitrogens is 2. The largest absolute Gasteiger partial charge is 0.381 e. The average Bonchev–Trinajstić information content (AvgIpc) is 2.61. The molecule has 2 rings (SSSR count). The van der Waals surface area contributed by atoms with E-state index in [4.69, 9.17) is 4.74 Å². The fourth-order valence-corrected chi connectivity index (χ4v) is 1.62. The number of aldehydes is 1. The Morgan fingerprint density at radius 1 is 1.57 bits per heavy atom. The number of hydrogen-bond donors (Lipinski definition) is 0. The molecule has 1 aromatic rings. The molecular weight excluding hydrogens is 187 g/mol. The number of hydrogen-bond acceptors (Lipinski definition) is 3. The van der Waals surface area contributed by atoms with E-state index in [1.165, 1.54) is 10.9 Å². The lowest BCUT2D eigenvalue weighted by atomic mass is 10.1. The highest BCUT2D eigenvalue weighted by Gasteiger charge is 2.20. The molecule has 76 valence electrons. The van der Waals surface area contributed by atoms with Gasteiger partial charge in [0, 0.05) is 13.2 Å². The number of carbonyl (C=O) groups excluding carboxylic acids is 1. The second kappa shape index (κ2) is 3.88. The molecule has 0 atom stereocenters. The van der Waals surface area contributed by atoms with Gasteiger partial charge in [0.05, 0.1) is 17.8 Å². The first-order chi connectivity index (χ1) is 6.83. The van der Waals surface area contributed by atoms with Gasteiger partial charge in [0.1, 0.15) is 0 Å². The van der Waals surface area contributed by atoms with Gasteiger partial charge in [-0.25, -0.2) is 4.68 Å². The van der Waals surface area contributed by atoms with Crippen LogP contribution >= 0.6 is 0 Å². The van der Waals surface area contributed by atoms with Crippen molar-refractivity contribution >= 4 is 6.29 Å². The lowest BCUT2D eigenvalue weighted by Gasteiger charge is -2.22. The highest BCUT2D eigenvalue weighted by atomic mass is 19.1. The highest BCUT2D eigenvalue weighted by molar-refractivity contribution is 5.73. The Bertz CT molecular complexity index is 332. The van der Waals surface area contributed by atoms with Crippen LogP contribution in [0, 0.1) is 5.95 Å². The van der Waals surface area contributed by atoms with Gasteiger partial charge >= 0.3 is 0 Å². The predicted molar refractivity (Wildman–Crippen MR) is 46.7 cm³/mol. The SMILES string of the molecule is O=Cc1cnn(C2CCOCC2)c1F. The molecule has 1 saturated heterocycles. The van der Waals surface area contributed by atoms with Crippen LogP contribution in [0.4, 0.5) is 4.39 Å². The Kier molecular flexibility index (Phi) is 2.58. The van der Waals surface area contributed by atoms with Gasteiger partial charge in [-0.2, -0.15) is 9.49 Å². The predicted octanol–water partition coefficient (Wildman–Crippen LogP) is 1.19. The summed E-state index contributed by atoms with van der Waals surface area (Å²) in [5, 5.41) is 3.87. The van der Waals surface area contributed by atoms with Crippen molar-refractivity contribution in [3.05, 3.63) is 17.7 Å². The van der Waals surface area contributed by atoms with E-state index in [9.17, 15) is 9.18 Å². The van der Waals surface area contributed by atoms with Crippen LogP contribution in [0.25, 0.3) is 0 Å². The van der Waals surface area contributed by atoms with Crippen molar-refractivity contribution in [1.29, 1.82) is 0 Å². The van der Waals surface area contributed by atoms with Gasteiger partial charge in [-0.1, -0.05) is 0 Å². The van der Waals surface area contributed by atoms with Crippen molar-refractivity contribution in [2.75, 3.05) is 13.2 Å². The number of ether oxygens (including phenoxy) is 1. The maximum Gasteiger partial charge on any atom is 0.222 e. The van der Waals surface area contributed by atoms with Gasteiger partial charge in [0.15, 0.2) is 6.29 Å². The molecule has 14 heavy (non-hydrogen) atoms. The summed E-state index contributed by atoms with van der Waals surface area (Å²) in [5.41, 5.74) is 0.0245. The van der Waals surface area contributed by atoms with Gasteiger partial charge in [-0.05, 0) is 12.8 Å². The second-order valence-corrected chi connectivity index (χ2v) is 3.30. The zero-order valence-corrected chi connectivity index (χ0v) is 7.65. The zero-order chi connectivity index (χ0) is 9.97. The first kappa shape index (κ1) is 9.33. The fourth-order valence-electron chi connectivity index (χ4n) is 1.62. The van der Waals surface area contributed by atoms with Gasteiger partial charge < -0.3 is 4.74 Å². The van der Waals surface area contributed by atoms with Crippen LogP contribution in [0.5, 0.6) is 0 Å². The van der Waals surface area contributed by atoms with E-state index < -0.39 is 5.95 Å². The maximum atomic E-state index is 13.4. The summed E-state index contributed by atoms with van der Waals surface area (Å²) in [6.45, 7) is 1.25. The molecule has 0 saturated carbocycles. The monoisotopic (exact) mass is 198 g/mol. The van der Waals surface area contributed by atoms with E-state index in [-0.39, 0.29) is 11.6 Å². The molecule has 0 bridgehead atoms. The summed E-state index contributed by atoms with van der Waals surface area (Å²) < 4.78 is 19.9.